The predicted molar refractivity (Wildman–Crippen MR) is 97.1 cm³/mol. The predicted octanol–water partition coefficient (Wildman–Crippen LogP) is 2.46. The summed E-state index contributed by atoms with van der Waals surface area (Å²) in [6.07, 6.45) is 0. The Morgan fingerprint density at radius 1 is 1.12 bits per heavy atom. The van der Waals surface area contributed by atoms with Crippen LogP contribution in [0, 0.1) is 10.1 Å². The lowest BCUT2D eigenvalue weighted by atomic mass is 10.3. The topological polar surface area (TPSA) is 101 Å². The first-order valence-electron chi connectivity index (χ1n) is 7.59. The second kappa shape index (κ2) is 7.31. The standard InChI is InChI=1S/C15H14ClN3O5S2/c16-14-6-5-12(25-14)15(20)17-7-9-18(10-8-17)26(23,24)13-4-2-1-3-11(13)19(21)22/h1-6H,7-10H2. The average molecular weight is 416 g/mol. The summed E-state index contributed by atoms with van der Waals surface area (Å²) in [5, 5.41) is 11.1. The molecule has 0 bridgehead atoms. The molecule has 1 saturated heterocycles. The van der Waals surface area contributed by atoms with Gasteiger partial charge in [0.15, 0.2) is 4.90 Å². The molecule has 138 valence electrons. The number of amides is 1. The number of carbonyl (C=O) groups excluding carboxylic acids is 1. The quantitative estimate of drug-likeness (QED) is 0.564. The van der Waals surface area contributed by atoms with Gasteiger partial charge >= 0.3 is 0 Å². The Bertz CT molecular complexity index is 952. The number of sulfonamides is 1. The summed E-state index contributed by atoms with van der Waals surface area (Å²) in [7, 11) is -4.01. The number of para-hydroxylation sites is 1. The maximum absolute atomic E-state index is 12.8. The van der Waals surface area contributed by atoms with Crippen LogP contribution in [0.5, 0.6) is 0 Å². The molecule has 1 aliphatic heterocycles. The van der Waals surface area contributed by atoms with E-state index >= 15 is 0 Å². The van der Waals surface area contributed by atoms with Crippen LogP contribution >= 0.6 is 22.9 Å². The summed E-state index contributed by atoms with van der Waals surface area (Å²) in [4.78, 5) is 24.5. The molecule has 1 amide bonds. The van der Waals surface area contributed by atoms with Crippen molar-refractivity contribution < 1.29 is 18.1 Å². The molecule has 0 radical (unpaired) electrons. The number of halogens is 1. The van der Waals surface area contributed by atoms with Gasteiger partial charge in [-0.05, 0) is 18.2 Å². The average Bonchev–Trinajstić information content (AvgIpc) is 3.07. The third kappa shape index (κ3) is 3.58. The van der Waals surface area contributed by atoms with E-state index in [-0.39, 0.29) is 37.0 Å². The fourth-order valence-corrected chi connectivity index (χ4v) is 5.27. The number of thiophene rings is 1. The summed E-state index contributed by atoms with van der Waals surface area (Å²) in [5.41, 5.74) is -0.459. The lowest BCUT2D eigenvalue weighted by molar-refractivity contribution is -0.387. The van der Waals surface area contributed by atoms with Gasteiger partial charge in [0.05, 0.1) is 14.1 Å². The van der Waals surface area contributed by atoms with Crippen molar-refractivity contribution in [1.82, 2.24) is 9.21 Å². The van der Waals surface area contributed by atoms with Crippen molar-refractivity contribution in [2.24, 2.45) is 0 Å². The van der Waals surface area contributed by atoms with Crippen LogP contribution in [0.25, 0.3) is 0 Å². The van der Waals surface area contributed by atoms with E-state index in [4.69, 9.17) is 11.6 Å². The van der Waals surface area contributed by atoms with Gasteiger partial charge in [-0.1, -0.05) is 23.7 Å². The molecule has 2 heterocycles. The van der Waals surface area contributed by atoms with E-state index in [1.165, 1.54) is 33.8 Å². The lowest BCUT2D eigenvalue weighted by Crippen LogP contribution is -2.50. The maximum atomic E-state index is 12.8. The lowest BCUT2D eigenvalue weighted by Gasteiger charge is -2.33. The molecule has 3 rings (SSSR count). The molecule has 8 nitrogen and oxygen atoms in total. The molecule has 0 N–H and O–H groups in total. The summed E-state index contributed by atoms with van der Waals surface area (Å²) < 4.78 is 27.2. The number of hydrogen-bond donors (Lipinski definition) is 0. The molecule has 0 aliphatic carbocycles. The number of benzene rings is 1. The van der Waals surface area contributed by atoms with Gasteiger partial charge < -0.3 is 4.90 Å². The zero-order chi connectivity index (χ0) is 18.9. The van der Waals surface area contributed by atoms with Crippen molar-refractivity contribution in [3.63, 3.8) is 0 Å². The molecule has 1 aromatic carbocycles. The Morgan fingerprint density at radius 3 is 2.35 bits per heavy atom. The van der Waals surface area contributed by atoms with Crippen molar-refractivity contribution in [3.8, 4) is 0 Å². The highest BCUT2D eigenvalue weighted by Gasteiger charge is 2.34. The molecule has 0 atom stereocenters. The van der Waals surface area contributed by atoms with E-state index in [0.717, 1.165) is 6.07 Å². The number of nitro benzene ring substituents is 1. The van der Waals surface area contributed by atoms with E-state index in [1.807, 2.05) is 0 Å². The molecule has 0 spiro atoms. The van der Waals surface area contributed by atoms with Crippen LogP contribution in [-0.2, 0) is 10.0 Å². The molecule has 11 heteroatoms. The number of nitro groups is 1. The smallest absolute Gasteiger partial charge is 0.289 e. The minimum atomic E-state index is -4.01. The molecule has 0 saturated carbocycles. The molecule has 1 aromatic heterocycles. The van der Waals surface area contributed by atoms with Gasteiger partial charge in [0.2, 0.25) is 10.0 Å². The molecule has 2 aromatic rings. The Labute approximate surface area is 158 Å². The Morgan fingerprint density at radius 2 is 1.77 bits per heavy atom. The third-order valence-electron chi connectivity index (χ3n) is 3.99. The monoisotopic (exact) mass is 415 g/mol. The normalized spacial score (nSPS) is 15.8. The van der Waals surface area contributed by atoms with Crippen molar-refractivity contribution >= 4 is 44.6 Å². The Kier molecular flexibility index (Phi) is 5.28. The first-order chi connectivity index (χ1) is 12.3. The van der Waals surface area contributed by atoms with Crippen LogP contribution < -0.4 is 0 Å². The van der Waals surface area contributed by atoms with Gasteiger partial charge in [0.25, 0.3) is 11.6 Å². The van der Waals surface area contributed by atoms with Gasteiger partial charge in [0, 0.05) is 32.2 Å². The van der Waals surface area contributed by atoms with E-state index in [1.54, 1.807) is 17.0 Å². The number of piperazine rings is 1. The molecular weight excluding hydrogens is 402 g/mol. The maximum Gasteiger partial charge on any atom is 0.289 e. The molecule has 1 aliphatic rings. The third-order valence-corrected chi connectivity index (χ3v) is 7.15. The van der Waals surface area contributed by atoms with Crippen LogP contribution in [0.1, 0.15) is 9.67 Å². The second-order valence-corrected chi connectivity index (χ2v) is 9.15. The van der Waals surface area contributed by atoms with Gasteiger partial charge in [-0.2, -0.15) is 4.31 Å². The highest BCUT2D eigenvalue weighted by atomic mass is 35.5. The van der Waals surface area contributed by atoms with Crippen molar-refractivity contribution in [2.75, 3.05) is 26.2 Å². The number of hydrogen-bond acceptors (Lipinski definition) is 6. The minimum absolute atomic E-state index is 0.0687. The van der Waals surface area contributed by atoms with Crippen LogP contribution in [0.15, 0.2) is 41.3 Å². The summed E-state index contributed by atoms with van der Waals surface area (Å²) >= 11 is 7.01. The number of carbonyl (C=O) groups is 1. The first kappa shape index (κ1) is 18.8. The Hall–Kier alpha value is -2.01. The van der Waals surface area contributed by atoms with E-state index in [2.05, 4.69) is 0 Å². The Balaban J connectivity index is 1.75. The fraction of sp³-hybridized carbons (Fsp3) is 0.267. The minimum Gasteiger partial charge on any atom is -0.335 e. The largest absolute Gasteiger partial charge is 0.335 e. The summed E-state index contributed by atoms with van der Waals surface area (Å²) in [5.74, 6) is -0.204. The van der Waals surface area contributed by atoms with Crippen LogP contribution in [0.2, 0.25) is 4.34 Å². The fourth-order valence-electron chi connectivity index (χ4n) is 2.68. The second-order valence-electron chi connectivity index (χ2n) is 5.52. The van der Waals surface area contributed by atoms with E-state index < -0.39 is 20.6 Å². The van der Waals surface area contributed by atoms with Crippen LogP contribution in [0.4, 0.5) is 5.69 Å². The zero-order valence-corrected chi connectivity index (χ0v) is 15.8. The van der Waals surface area contributed by atoms with Gasteiger partial charge in [-0.15, -0.1) is 11.3 Å². The van der Waals surface area contributed by atoms with E-state index in [0.29, 0.717) is 9.21 Å². The van der Waals surface area contributed by atoms with Crippen molar-refractivity contribution in [1.29, 1.82) is 0 Å². The highest BCUT2D eigenvalue weighted by Crippen LogP contribution is 2.28. The van der Waals surface area contributed by atoms with Crippen molar-refractivity contribution in [3.05, 3.63) is 55.7 Å². The summed E-state index contributed by atoms with van der Waals surface area (Å²) in [6, 6.07) is 8.51. The summed E-state index contributed by atoms with van der Waals surface area (Å²) in [6.45, 7) is 0.543. The first-order valence-corrected chi connectivity index (χ1v) is 10.2. The molecule has 1 fully saturated rings. The van der Waals surface area contributed by atoms with Gasteiger partial charge in [-0.3, -0.25) is 14.9 Å². The highest BCUT2D eigenvalue weighted by molar-refractivity contribution is 7.89. The number of rotatable bonds is 4. The molecular formula is C15H14ClN3O5S2. The van der Waals surface area contributed by atoms with Gasteiger partial charge in [-0.25, -0.2) is 8.42 Å². The van der Waals surface area contributed by atoms with Crippen LogP contribution in [0.3, 0.4) is 0 Å². The SMILES string of the molecule is O=C(c1ccc(Cl)s1)N1CCN(S(=O)(=O)c2ccccc2[N+](=O)[O-])CC1. The van der Waals surface area contributed by atoms with Gasteiger partial charge in [0.1, 0.15) is 0 Å². The molecule has 0 unspecified atom stereocenters. The van der Waals surface area contributed by atoms with Crippen molar-refractivity contribution in [2.45, 2.75) is 4.90 Å². The number of nitrogens with zero attached hydrogens (tertiary/aromatic N) is 3. The van der Waals surface area contributed by atoms with E-state index in [9.17, 15) is 23.3 Å². The van der Waals surface area contributed by atoms with Crippen LogP contribution in [-0.4, -0.2) is 54.6 Å². The molecule has 26 heavy (non-hydrogen) atoms. The zero-order valence-electron chi connectivity index (χ0n) is 13.4.